The molecule has 0 spiro atoms. The maximum absolute atomic E-state index is 5.19. The van der Waals surface area contributed by atoms with E-state index in [1.165, 1.54) is 104 Å². The molecule has 0 atom stereocenters. The molecule has 3 heteroatoms. The minimum atomic E-state index is 0.965. The van der Waals surface area contributed by atoms with Gasteiger partial charge in [0.25, 0.3) is 0 Å². The largest absolute Gasteiger partial charge is 0.256 e. The van der Waals surface area contributed by atoms with Gasteiger partial charge in [0.15, 0.2) is 0 Å². The number of hydrogen-bond acceptors (Lipinski definition) is 3. The van der Waals surface area contributed by atoms with Crippen molar-refractivity contribution in [2.75, 3.05) is 0 Å². The van der Waals surface area contributed by atoms with Gasteiger partial charge in [0.1, 0.15) is 0 Å². The van der Waals surface area contributed by atoms with E-state index in [2.05, 4.69) is 286 Å². The summed E-state index contributed by atoms with van der Waals surface area (Å²) in [7, 11) is 0. The zero-order valence-electron chi connectivity index (χ0n) is 44.5. The van der Waals surface area contributed by atoms with Crippen molar-refractivity contribution in [1.82, 2.24) is 15.0 Å². The molecule has 17 rings (SSSR count). The maximum Gasteiger partial charge on any atom is 0.0708 e. The van der Waals surface area contributed by atoms with Gasteiger partial charge in [-0.05, 0) is 134 Å². The standard InChI is InChI=1S/C79H47N3/c1-2-19-49(20-3-1)74-59-25-9-6-22-56(59)72(65-45-80-68-31-15-12-28-62(68)77(65)74)52-39-41-53(42-40-52)75-60-26-10-7-23-57(60)71(66-46-81-69-32-16-13-29-63(69)78(66)75)50-35-37-51(38-36-50)73-58-24-8-11-27-61(58)76(55-43-34-48-18-4-5-21-54(48)44-55)79-64-30-14-17-33-70(64)82-47-67(73)79/h1-47H. The van der Waals surface area contributed by atoms with Gasteiger partial charge in [0.2, 0.25) is 0 Å². The Bertz CT molecular complexity index is 5490. The number of rotatable bonds is 6. The number of benzene rings is 14. The average Bonchev–Trinajstić information content (AvgIpc) is 1.83. The summed E-state index contributed by atoms with van der Waals surface area (Å²) in [6, 6.07) is 97.5. The van der Waals surface area contributed by atoms with Crippen LogP contribution >= 0.6 is 0 Å². The molecule has 0 aliphatic carbocycles. The van der Waals surface area contributed by atoms with E-state index in [1.54, 1.807) is 0 Å². The highest BCUT2D eigenvalue weighted by molar-refractivity contribution is 6.31. The molecule has 0 aliphatic heterocycles. The molecule has 0 amide bonds. The molecule has 0 fully saturated rings. The molecular weight excluding hydrogens is 991 g/mol. The van der Waals surface area contributed by atoms with Crippen molar-refractivity contribution < 1.29 is 0 Å². The summed E-state index contributed by atoms with van der Waals surface area (Å²) < 4.78 is 0. The quantitative estimate of drug-likeness (QED) is 0.123. The molecule has 3 aromatic heterocycles. The van der Waals surface area contributed by atoms with Crippen molar-refractivity contribution in [2.24, 2.45) is 0 Å². The normalized spacial score (nSPS) is 11.9. The van der Waals surface area contributed by atoms with Crippen molar-refractivity contribution in [3.63, 3.8) is 0 Å². The van der Waals surface area contributed by atoms with Crippen LogP contribution in [0.5, 0.6) is 0 Å². The fraction of sp³-hybridized carbons (Fsp3) is 0. The third kappa shape index (κ3) is 7.00. The lowest BCUT2D eigenvalue weighted by Crippen LogP contribution is -1.95. The van der Waals surface area contributed by atoms with Gasteiger partial charge in [-0.2, -0.15) is 0 Å². The molecule has 378 valence electrons. The molecular formula is C79H47N3. The van der Waals surface area contributed by atoms with E-state index in [0.29, 0.717) is 0 Å². The predicted octanol–water partition coefficient (Wildman–Crippen LogP) is 21.4. The van der Waals surface area contributed by atoms with Crippen LogP contribution in [-0.4, -0.2) is 15.0 Å². The zero-order valence-corrected chi connectivity index (χ0v) is 44.5. The lowest BCUT2D eigenvalue weighted by molar-refractivity contribution is 1.44. The van der Waals surface area contributed by atoms with Crippen LogP contribution < -0.4 is 0 Å². The van der Waals surface area contributed by atoms with Crippen LogP contribution in [0.4, 0.5) is 0 Å². The fourth-order valence-corrected chi connectivity index (χ4v) is 13.8. The number of fused-ring (bicyclic) bond motifs is 13. The molecule has 3 heterocycles. The second-order valence-electron chi connectivity index (χ2n) is 21.7. The van der Waals surface area contributed by atoms with Gasteiger partial charge in [0.05, 0.1) is 16.6 Å². The van der Waals surface area contributed by atoms with E-state index < -0.39 is 0 Å². The first kappa shape index (κ1) is 46.1. The van der Waals surface area contributed by atoms with Crippen molar-refractivity contribution in [3.8, 4) is 66.8 Å². The van der Waals surface area contributed by atoms with E-state index in [0.717, 1.165) is 71.1 Å². The van der Waals surface area contributed by atoms with Crippen molar-refractivity contribution in [3.05, 3.63) is 286 Å². The van der Waals surface area contributed by atoms with Crippen LogP contribution in [0.2, 0.25) is 0 Å². The van der Waals surface area contributed by atoms with Crippen LogP contribution in [-0.2, 0) is 0 Å². The lowest BCUT2D eigenvalue weighted by Gasteiger charge is -2.21. The molecule has 0 aliphatic rings. The summed E-state index contributed by atoms with van der Waals surface area (Å²) in [6.45, 7) is 0. The topological polar surface area (TPSA) is 38.7 Å². The molecule has 14 aromatic carbocycles. The Morgan fingerprint density at radius 3 is 0.829 bits per heavy atom. The highest BCUT2D eigenvalue weighted by Crippen LogP contribution is 2.51. The molecule has 0 bridgehead atoms. The van der Waals surface area contributed by atoms with Gasteiger partial charge in [-0.15, -0.1) is 0 Å². The molecule has 3 nitrogen and oxygen atoms in total. The summed E-state index contributed by atoms with van der Waals surface area (Å²) in [5.74, 6) is 0. The predicted molar refractivity (Wildman–Crippen MR) is 348 cm³/mol. The van der Waals surface area contributed by atoms with E-state index in [4.69, 9.17) is 15.0 Å². The number of para-hydroxylation sites is 3. The van der Waals surface area contributed by atoms with Crippen molar-refractivity contribution in [2.45, 2.75) is 0 Å². The Hall–Kier alpha value is -10.9. The van der Waals surface area contributed by atoms with Crippen molar-refractivity contribution in [1.29, 1.82) is 0 Å². The number of aromatic nitrogens is 3. The summed E-state index contributed by atoms with van der Waals surface area (Å²) >= 11 is 0. The Balaban J connectivity index is 0.859. The Morgan fingerprint density at radius 1 is 0.171 bits per heavy atom. The first-order chi connectivity index (χ1) is 40.7. The van der Waals surface area contributed by atoms with Crippen LogP contribution in [0.1, 0.15) is 0 Å². The fourth-order valence-electron chi connectivity index (χ4n) is 13.8. The molecule has 0 saturated heterocycles. The van der Waals surface area contributed by atoms with Gasteiger partial charge >= 0.3 is 0 Å². The van der Waals surface area contributed by atoms with Gasteiger partial charge in [-0.25, -0.2) is 0 Å². The second kappa shape index (κ2) is 18.4. The van der Waals surface area contributed by atoms with Gasteiger partial charge in [0, 0.05) is 67.1 Å². The molecule has 0 radical (unpaired) electrons. The minimum Gasteiger partial charge on any atom is -0.256 e. The summed E-state index contributed by atoms with van der Waals surface area (Å²) in [4.78, 5) is 15.4. The summed E-state index contributed by atoms with van der Waals surface area (Å²) in [5, 5.41) is 20.1. The highest BCUT2D eigenvalue weighted by atomic mass is 14.7. The van der Waals surface area contributed by atoms with Crippen molar-refractivity contribution >= 4 is 108 Å². The first-order valence-corrected chi connectivity index (χ1v) is 28.1. The SMILES string of the molecule is c1ccc(-c2c3ccccc3c(-c3ccc(-c4c5ccccc5c(-c5ccc(-c6c7ccccc7c(-c7ccc8ccccc8c7)c7c6cnc6ccccc67)cc5)c5cnc6ccccc6c45)cc3)c3cnc4ccccc4c23)cc1. The van der Waals surface area contributed by atoms with Crippen LogP contribution in [0.3, 0.4) is 0 Å². The zero-order chi connectivity index (χ0) is 53.8. The smallest absolute Gasteiger partial charge is 0.0708 e. The maximum atomic E-state index is 5.19. The molecule has 17 aromatic rings. The third-order valence-corrected chi connectivity index (χ3v) is 17.3. The summed E-state index contributed by atoms with van der Waals surface area (Å²) in [5.41, 5.74) is 17.1. The highest BCUT2D eigenvalue weighted by Gasteiger charge is 2.24. The van der Waals surface area contributed by atoms with E-state index in [-0.39, 0.29) is 0 Å². The monoisotopic (exact) mass is 1040 g/mol. The Morgan fingerprint density at radius 2 is 0.439 bits per heavy atom. The molecule has 0 saturated carbocycles. The lowest BCUT2D eigenvalue weighted by atomic mass is 9.83. The number of pyridine rings is 3. The van der Waals surface area contributed by atoms with Gasteiger partial charge < -0.3 is 0 Å². The van der Waals surface area contributed by atoms with Gasteiger partial charge in [-0.1, -0.05) is 243 Å². The minimum absolute atomic E-state index is 0.965. The Kier molecular flexibility index (Phi) is 10.3. The van der Waals surface area contributed by atoms with E-state index >= 15 is 0 Å². The average molecular weight is 1040 g/mol. The first-order valence-electron chi connectivity index (χ1n) is 28.1. The number of nitrogens with zero attached hydrogens (tertiary/aromatic N) is 3. The van der Waals surface area contributed by atoms with Gasteiger partial charge in [-0.3, -0.25) is 15.0 Å². The second-order valence-corrected chi connectivity index (χ2v) is 21.7. The summed E-state index contributed by atoms with van der Waals surface area (Å²) in [6.07, 6.45) is 6.31. The number of hydrogen-bond donors (Lipinski definition) is 0. The van der Waals surface area contributed by atoms with Crippen LogP contribution in [0, 0.1) is 0 Å². The molecule has 82 heavy (non-hydrogen) atoms. The van der Waals surface area contributed by atoms with E-state index in [9.17, 15) is 0 Å². The van der Waals surface area contributed by atoms with E-state index in [1.807, 2.05) is 0 Å². The Labute approximate surface area is 472 Å². The van der Waals surface area contributed by atoms with Crippen LogP contribution in [0.15, 0.2) is 286 Å². The third-order valence-electron chi connectivity index (χ3n) is 17.3. The molecule has 0 unspecified atom stereocenters. The molecule has 0 N–H and O–H groups in total. The van der Waals surface area contributed by atoms with Crippen LogP contribution in [0.25, 0.3) is 175 Å².